The summed E-state index contributed by atoms with van der Waals surface area (Å²) in [6.45, 7) is 6.79. The molecule has 0 spiro atoms. The molecular formula is C17H31N3OSn. The second-order valence-electron chi connectivity index (χ2n) is 6.24. The molecule has 0 atom stereocenters. The van der Waals surface area contributed by atoms with Gasteiger partial charge in [-0.2, -0.15) is 0 Å². The van der Waals surface area contributed by atoms with E-state index in [1.807, 2.05) is 6.20 Å². The molecule has 2 N–H and O–H groups in total. The zero-order valence-electron chi connectivity index (χ0n) is 14.4. The first-order valence-electron chi connectivity index (χ1n) is 8.72. The van der Waals surface area contributed by atoms with Crippen LogP contribution in [-0.2, 0) is 0 Å². The molecule has 0 unspecified atom stereocenters. The van der Waals surface area contributed by atoms with Gasteiger partial charge in [-0.25, -0.2) is 0 Å². The molecule has 1 aromatic heterocycles. The third-order valence-electron chi connectivity index (χ3n) is 4.47. The predicted molar refractivity (Wildman–Crippen MR) is 95.1 cm³/mol. The second kappa shape index (κ2) is 10.2. The molecule has 0 bridgehead atoms. The van der Waals surface area contributed by atoms with Gasteiger partial charge in [0.2, 0.25) is 0 Å². The summed E-state index contributed by atoms with van der Waals surface area (Å²) in [5.74, 6) is -0.490. The molecule has 0 radical (unpaired) electrons. The SMILES string of the molecule is CCC[CH2][Sn]([CH2]CCC)([CH2]CCC)[c]1cnc(C(N)=O)cn1. The zero-order valence-corrected chi connectivity index (χ0v) is 17.3. The number of aromatic nitrogens is 2. The van der Waals surface area contributed by atoms with Crippen LogP contribution in [0.3, 0.4) is 0 Å². The summed E-state index contributed by atoms with van der Waals surface area (Å²) in [7, 11) is 0. The Morgan fingerprint density at radius 3 is 1.77 bits per heavy atom. The van der Waals surface area contributed by atoms with Crippen LogP contribution in [0.25, 0.3) is 0 Å². The van der Waals surface area contributed by atoms with E-state index >= 15 is 0 Å². The van der Waals surface area contributed by atoms with E-state index < -0.39 is 24.3 Å². The van der Waals surface area contributed by atoms with Crippen LogP contribution >= 0.6 is 0 Å². The van der Waals surface area contributed by atoms with Crippen LogP contribution in [0.5, 0.6) is 0 Å². The van der Waals surface area contributed by atoms with Crippen LogP contribution in [0.15, 0.2) is 12.4 Å². The average Bonchev–Trinajstić information content (AvgIpc) is 2.54. The van der Waals surface area contributed by atoms with E-state index in [4.69, 9.17) is 5.73 Å². The van der Waals surface area contributed by atoms with Crippen LogP contribution in [0.2, 0.25) is 13.3 Å². The van der Waals surface area contributed by atoms with Gasteiger partial charge in [0.05, 0.1) is 0 Å². The van der Waals surface area contributed by atoms with Gasteiger partial charge in [0.15, 0.2) is 0 Å². The zero-order chi connectivity index (χ0) is 16.4. The van der Waals surface area contributed by atoms with E-state index in [-0.39, 0.29) is 5.69 Å². The van der Waals surface area contributed by atoms with Crippen molar-refractivity contribution in [3.8, 4) is 0 Å². The molecule has 1 rings (SSSR count). The molecule has 4 nitrogen and oxygen atoms in total. The summed E-state index contributed by atoms with van der Waals surface area (Å²) in [6, 6.07) is 0. The number of rotatable bonds is 11. The first-order valence-corrected chi connectivity index (χ1v) is 16.2. The van der Waals surface area contributed by atoms with Crippen molar-refractivity contribution >= 4 is 28.0 Å². The number of primary amides is 1. The van der Waals surface area contributed by atoms with Gasteiger partial charge in [0.25, 0.3) is 0 Å². The molecule has 0 saturated heterocycles. The molecule has 0 fully saturated rings. The first kappa shape index (κ1) is 19.4. The Bertz CT molecular complexity index is 426. The van der Waals surface area contributed by atoms with Gasteiger partial charge in [0, 0.05) is 0 Å². The van der Waals surface area contributed by atoms with E-state index in [0.717, 1.165) is 0 Å². The first-order chi connectivity index (χ1) is 10.6. The Hall–Kier alpha value is -0.651. The quantitative estimate of drug-likeness (QED) is 0.565. The molecule has 22 heavy (non-hydrogen) atoms. The van der Waals surface area contributed by atoms with Crippen LogP contribution in [0.4, 0.5) is 0 Å². The molecule has 0 aliphatic carbocycles. The van der Waals surface area contributed by atoms with Crippen LogP contribution < -0.4 is 9.44 Å². The number of carbonyl (C=O) groups excluding carboxylic acids is 1. The Balaban J connectivity index is 3.09. The molecule has 0 aliphatic heterocycles. The molecule has 5 heteroatoms. The predicted octanol–water partition coefficient (Wildman–Crippen LogP) is 3.63. The van der Waals surface area contributed by atoms with Gasteiger partial charge in [-0.3, -0.25) is 0 Å². The fourth-order valence-corrected chi connectivity index (χ4v) is 18.1. The van der Waals surface area contributed by atoms with Crippen LogP contribution in [-0.4, -0.2) is 34.3 Å². The molecule has 0 saturated carbocycles. The minimum absolute atomic E-state index is 0.283. The normalized spacial score (nSPS) is 11.6. The van der Waals surface area contributed by atoms with Gasteiger partial charge in [-0.05, 0) is 0 Å². The van der Waals surface area contributed by atoms with E-state index in [1.165, 1.54) is 55.5 Å². The summed E-state index contributed by atoms with van der Waals surface area (Å²) < 4.78 is 5.32. The number of nitrogens with two attached hydrogens (primary N) is 1. The third kappa shape index (κ3) is 5.52. The van der Waals surface area contributed by atoms with Crippen molar-refractivity contribution in [3.05, 3.63) is 18.1 Å². The van der Waals surface area contributed by atoms with Crippen molar-refractivity contribution in [1.29, 1.82) is 0 Å². The number of amides is 1. The van der Waals surface area contributed by atoms with Crippen molar-refractivity contribution in [2.75, 3.05) is 0 Å². The van der Waals surface area contributed by atoms with Crippen molar-refractivity contribution in [2.45, 2.75) is 72.6 Å². The van der Waals surface area contributed by atoms with E-state index in [0.29, 0.717) is 0 Å². The number of hydrogen-bond donors (Lipinski definition) is 1. The molecule has 1 amide bonds. The van der Waals surface area contributed by atoms with Crippen molar-refractivity contribution in [2.24, 2.45) is 5.73 Å². The molecule has 1 aromatic rings. The standard InChI is InChI=1S/C5H4N3O.3C4H9.Sn/c6-5(9)4-3-7-1-2-8-4;3*1-3-4-2;/h2-3H,(H2,6,9);3*1,3-4H2,2H3;. The van der Waals surface area contributed by atoms with Crippen molar-refractivity contribution < 1.29 is 4.79 Å². The maximum absolute atomic E-state index is 11.2. The van der Waals surface area contributed by atoms with Gasteiger partial charge in [-0.1, -0.05) is 0 Å². The second-order valence-corrected chi connectivity index (χ2v) is 19.3. The summed E-state index contributed by atoms with van der Waals surface area (Å²) >= 11 is -2.50. The van der Waals surface area contributed by atoms with Crippen molar-refractivity contribution in [1.82, 2.24) is 9.97 Å². The Labute approximate surface area is 139 Å². The molecule has 0 aliphatic rings. The number of carbonyl (C=O) groups is 1. The molecule has 0 aromatic carbocycles. The van der Waals surface area contributed by atoms with Gasteiger partial charge >= 0.3 is 139 Å². The van der Waals surface area contributed by atoms with Crippen molar-refractivity contribution in [3.63, 3.8) is 0 Å². The number of nitrogens with zero attached hydrogens (tertiary/aromatic N) is 2. The third-order valence-corrected chi connectivity index (χ3v) is 19.5. The van der Waals surface area contributed by atoms with Gasteiger partial charge in [-0.15, -0.1) is 0 Å². The summed E-state index contributed by atoms with van der Waals surface area (Å²) in [5, 5.41) is 0. The Morgan fingerprint density at radius 1 is 0.955 bits per heavy atom. The molecule has 124 valence electrons. The fraction of sp³-hybridized carbons (Fsp3) is 0.706. The van der Waals surface area contributed by atoms with E-state index in [9.17, 15) is 4.79 Å². The van der Waals surface area contributed by atoms with Gasteiger partial charge in [0.1, 0.15) is 0 Å². The molecule has 1 heterocycles. The maximum atomic E-state index is 11.2. The topological polar surface area (TPSA) is 68.9 Å². The summed E-state index contributed by atoms with van der Waals surface area (Å²) in [6.07, 6.45) is 11.1. The minimum atomic E-state index is -2.50. The fourth-order valence-electron chi connectivity index (χ4n) is 3.03. The van der Waals surface area contributed by atoms with Crippen LogP contribution in [0.1, 0.15) is 69.8 Å². The number of unbranched alkanes of at least 4 members (excludes halogenated alkanes) is 3. The average molecular weight is 412 g/mol. The molecular weight excluding hydrogens is 381 g/mol. The Morgan fingerprint density at radius 2 is 1.45 bits per heavy atom. The van der Waals surface area contributed by atoms with Gasteiger partial charge < -0.3 is 0 Å². The van der Waals surface area contributed by atoms with E-state index in [1.54, 1.807) is 6.20 Å². The number of hydrogen-bond acceptors (Lipinski definition) is 3. The monoisotopic (exact) mass is 413 g/mol. The van der Waals surface area contributed by atoms with E-state index in [2.05, 4.69) is 30.7 Å². The Kier molecular flexibility index (Phi) is 8.98. The summed E-state index contributed by atoms with van der Waals surface area (Å²) in [4.78, 5) is 20.2. The van der Waals surface area contributed by atoms with Crippen LogP contribution in [0, 0.1) is 0 Å². The summed E-state index contributed by atoms with van der Waals surface area (Å²) in [5.41, 5.74) is 5.57.